The molecule has 44 heavy (non-hydrogen) atoms. The van der Waals surface area contributed by atoms with Crippen molar-refractivity contribution in [1.29, 1.82) is 0 Å². The van der Waals surface area contributed by atoms with Gasteiger partial charge in [0.1, 0.15) is 23.8 Å². The Hall–Kier alpha value is -4.16. The Labute approximate surface area is 257 Å². The summed E-state index contributed by atoms with van der Waals surface area (Å²) >= 11 is 0. The van der Waals surface area contributed by atoms with E-state index in [2.05, 4.69) is 22.2 Å². The van der Waals surface area contributed by atoms with Gasteiger partial charge >= 0.3 is 18.2 Å². The van der Waals surface area contributed by atoms with Crippen molar-refractivity contribution in [2.75, 3.05) is 6.54 Å². The van der Waals surface area contributed by atoms with E-state index in [1.165, 1.54) is 16.7 Å². The van der Waals surface area contributed by atoms with Crippen LogP contribution in [0.3, 0.4) is 0 Å². The Morgan fingerprint density at radius 2 is 1.82 bits per heavy atom. The van der Waals surface area contributed by atoms with Crippen molar-refractivity contribution in [2.24, 2.45) is 5.92 Å². The van der Waals surface area contributed by atoms with Crippen LogP contribution in [0.4, 0.5) is 9.59 Å². The smallest absolute Gasteiger partial charge is 0.410 e. The van der Waals surface area contributed by atoms with Gasteiger partial charge in [0.15, 0.2) is 5.54 Å². The van der Waals surface area contributed by atoms with Crippen molar-refractivity contribution in [3.8, 4) is 0 Å². The number of rotatable bonds is 8. The number of hydrogen-bond acceptors (Lipinski definition) is 8. The van der Waals surface area contributed by atoms with Crippen molar-refractivity contribution in [3.63, 3.8) is 0 Å². The zero-order valence-corrected chi connectivity index (χ0v) is 25.8. The number of carboxylic acid groups (broad SMARTS) is 1. The van der Waals surface area contributed by atoms with Crippen LogP contribution in [0.2, 0.25) is 0 Å². The number of carboxylic acids is 1. The average Bonchev–Trinajstić information content (AvgIpc) is 3.60. The molecule has 3 aliphatic rings. The first-order valence-electron chi connectivity index (χ1n) is 15.1. The molecule has 0 radical (unpaired) electrons. The molecule has 4 rings (SSSR count). The molecule has 0 spiro atoms. The van der Waals surface area contributed by atoms with Crippen LogP contribution >= 0.6 is 0 Å². The molecule has 4 atom stereocenters. The van der Waals surface area contributed by atoms with E-state index in [-0.39, 0.29) is 25.4 Å². The Morgan fingerprint density at radius 1 is 1.11 bits per heavy atom. The largest absolute Gasteiger partial charge is 0.479 e. The quantitative estimate of drug-likeness (QED) is 0.373. The Bertz CT molecular complexity index is 1260. The maximum Gasteiger partial charge on any atom is 0.410 e. The van der Waals surface area contributed by atoms with E-state index >= 15 is 0 Å². The van der Waals surface area contributed by atoms with Crippen LogP contribution in [-0.2, 0) is 36.9 Å². The number of carbonyl (C=O) groups excluding carboxylic acids is 4. The molecule has 1 saturated heterocycles. The molecule has 1 aromatic rings. The average molecular weight is 614 g/mol. The molecule has 0 unspecified atom stereocenters. The van der Waals surface area contributed by atoms with Gasteiger partial charge in [0, 0.05) is 12.6 Å². The second kappa shape index (κ2) is 13.2. The summed E-state index contributed by atoms with van der Waals surface area (Å²) in [5.74, 6) is -2.77. The third-order valence-corrected chi connectivity index (χ3v) is 8.36. The third-order valence-electron chi connectivity index (χ3n) is 8.36. The van der Waals surface area contributed by atoms with Crippen LogP contribution in [0.25, 0.3) is 0 Å². The standard InChI is InChI=1S/C31H43N5O8/c1-6-31(5,27(39)40)34-25(37)23-15-21(43-29(42)35-16-20-13-10-14-32-22(20)18-35)17-36(23)26(38)24(19-11-8-7-9-12-19)33-28(41)44-30(2,3)4/h6,10,13-14,19,21,23-24H,1,7-9,11-12,15-18H2,2-5H3,(H,33,41)(H,34,37)(H,39,40)/t21-,23+,24+,31-/m1/s1. The van der Waals surface area contributed by atoms with E-state index in [0.717, 1.165) is 36.6 Å². The second-order valence-corrected chi connectivity index (χ2v) is 12.9. The molecule has 13 heteroatoms. The molecule has 4 amide bonds. The summed E-state index contributed by atoms with van der Waals surface area (Å²) in [4.78, 5) is 72.8. The molecule has 2 fully saturated rings. The summed E-state index contributed by atoms with van der Waals surface area (Å²) in [6.45, 7) is 10.5. The molecular formula is C31H43N5O8. The molecule has 1 aromatic heterocycles. The van der Waals surface area contributed by atoms with Crippen molar-refractivity contribution < 1.29 is 38.6 Å². The summed E-state index contributed by atoms with van der Waals surface area (Å²) in [5, 5.41) is 14.9. The van der Waals surface area contributed by atoms with Crippen LogP contribution in [0, 0.1) is 5.92 Å². The zero-order valence-electron chi connectivity index (χ0n) is 25.8. The van der Waals surface area contributed by atoms with Gasteiger partial charge in [-0.05, 0) is 58.1 Å². The van der Waals surface area contributed by atoms with Gasteiger partial charge in [-0.15, -0.1) is 6.58 Å². The minimum atomic E-state index is -1.80. The number of nitrogens with one attached hydrogen (secondary N) is 2. The first-order chi connectivity index (χ1) is 20.7. The molecule has 3 N–H and O–H groups in total. The Kier molecular flexibility index (Phi) is 9.85. The van der Waals surface area contributed by atoms with Crippen LogP contribution in [-0.4, -0.2) is 85.7 Å². The van der Waals surface area contributed by atoms with E-state index < -0.39 is 59.3 Å². The highest BCUT2D eigenvalue weighted by Gasteiger charge is 2.47. The van der Waals surface area contributed by atoms with Gasteiger partial charge < -0.3 is 30.1 Å². The fourth-order valence-corrected chi connectivity index (χ4v) is 5.91. The number of aromatic nitrogens is 1. The second-order valence-electron chi connectivity index (χ2n) is 12.9. The number of carbonyl (C=O) groups is 5. The van der Waals surface area contributed by atoms with Gasteiger partial charge in [-0.2, -0.15) is 0 Å². The maximum atomic E-state index is 14.2. The zero-order chi connectivity index (χ0) is 32.2. The fourth-order valence-electron chi connectivity index (χ4n) is 5.91. The number of alkyl carbamates (subject to hydrolysis) is 1. The van der Waals surface area contributed by atoms with E-state index in [4.69, 9.17) is 9.47 Å². The lowest BCUT2D eigenvalue weighted by Gasteiger charge is -2.35. The lowest BCUT2D eigenvalue weighted by Crippen LogP contribution is -2.59. The summed E-state index contributed by atoms with van der Waals surface area (Å²) in [5.41, 5.74) is -0.917. The van der Waals surface area contributed by atoms with Gasteiger partial charge in [0.25, 0.3) is 0 Å². The Morgan fingerprint density at radius 3 is 2.43 bits per heavy atom. The first-order valence-corrected chi connectivity index (χ1v) is 15.1. The van der Waals surface area contributed by atoms with Crippen molar-refractivity contribution in [2.45, 2.75) is 109 Å². The van der Waals surface area contributed by atoms with Gasteiger partial charge in [-0.25, -0.2) is 14.4 Å². The molecule has 1 aliphatic carbocycles. The summed E-state index contributed by atoms with van der Waals surface area (Å²) < 4.78 is 11.3. The summed E-state index contributed by atoms with van der Waals surface area (Å²) in [6, 6.07) is 1.52. The highest BCUT2D eigenvalue weighted by molar-refractivity contribution is 5.95. The van der Waals surface area contributed by atoms with E-state index in [9.17, 15) is 29.1 Å². The highest BCUT2D eigenvalue weighted by atomic mass is 16.6. The molecule has 1 saturated carbocycles. The molecule has 13 nitrogen and oxygen atoms in total. The molecule has 2 aliphatic heterocycles. The SMILES string of the molecule is C=C[C@@](C)(NC(=O)[C@@H]1C[C@@H](OC(=O)N2Cc3cccnc3C2)CN1C(=O)[C@@H](NC(=O)OC(C)(C)C)C1CCCCC1)C(=O)O. The number of pyridine rings is 1. The van der Waals surface area contributed by atoms with Crippen LogP contribution in [0.15, 0.2) is 31.0 Å². The number of hydrogen-bond donors (Lipinski definition) is 3. The van der Waals surface area contributed by atoms with Crippen molar-refractivity contribution in [3.05, 3.63) is 42.2 Å². The predicted octanol–water partition coefficient (Wildman–Crippen LogP) is 3.12. The Balaban J connectivity index is 1.57. The number of nitrogens with zero attached hydrogens (tertiary/aromatic N) is 3. The molecule has 0 bridgehead atoms. The van der Waals surface area contributed by atoms with Gasteiger partial charge in [0.2, 0.25) is 11.8 Å². The minimum absolute atomic E-state index is 0.0565. The van der Waals surface area contributed by atoms with Crippen LogP contribution in [0.1, 0.15) is 77.5 Å². The first kappa shape index (κ1) is 32.7. The maximum absolute atomic E-state index is 14.2. The highest BCUT2D eigenvalue weighted by Crippen LogP contribution is 2.31. The van der Waals surface area contributed by atoms with E-state index in [0.29, 0.717) is 19.4 Å². The number of ether oxygens (including phenoxy) is 2. The number of likely N-dealkylation sites (tertiary alicyclic amines) is 1. The predicted molar refractivity (Wildman–Crippen MR) is 158 cm³/mol. The monoisotopic (exact) mass is 613 g/mol. The fraction of sp³-hybridized carbons (Fsp3) is 0.613. The molecular weight excluding hydrogens is 570 g/mol. The third kappa shape index (κ3) is 7.67. The number of amides is 4. The topological polar surface area (TPSA) is 167 Å². The minimum Gasteiger partial charge on any atom is -0.479 e. The lowest BCUT2D eigenvalue weighted by atomic mass is 9.83. The summed E-state index contributed by atoms with van der Waals surface area (Å²) in [7, 11) is 0. The lowest BCUT2D eigenvalue weighted by molar-refractivity contribution is -0.147. The summed E-state index contributed by atoms with van der Waals surface area (Å²) in [6.07, 6.45) is 4.66. The van der Waals surface area contributed by atoms with Crippen LogP contribution < -0.4 is 10.6 Å². The van der Waals surface area contributed by atoms with E-state index in [1.807, 2.05) is 6.07 Å². The van der Waals surface area contributed by atoms with Crippen LogP contribution in [0.5, 0.6) is 0 Å². The van der Waals surface area contributed by atoms with Crippen molar-refractivity contribution in [1.82, 2.24) is 25.4 Å². The molecule has 240 valence electrons. The van der Waals surface area contributed by atoms with Gasteiger partial charge in [-0.1, -0.05) is 31.4 Å². The normalized spacial score (nSPS) is 22.3. The number of aliphatic carboxylic acids is 1. The number of fused-ring (bicyclic) bond motifs is 1. The van der Waals surface area contributed by atoms with E-state index in [1.54, 1.807) is 33.0 Å². The van der Waals surface area contributed by atoms with Crippen molar-refractivity contribution >= 4 is 30.0 Å². The molecule has 3 heterocycles. The molecule has 0 aromatic carbocycles. The van der Waals surface area contributed by atoms with Gasteiger partial charge in [-0.3, -0.25) is 19.5 Å². The van der Waals surface area contributed by atoms with Gasteiger partial charge in [0.05, 0.1) is 25.3 Å².